The highest BCUT2D eigenvalue weighted by molar-refractivity contribution is 7.88. The van der Waals surface area contributed by atoms with Gasteiger partial charge >= 0.3 is 0 Å². The first-order valence-electron chi connectivity index (χ1n) is 8.22. The van der Waals surface area contributed by atoms with Gasteiger partial charge in [-0.3, -0.25) is 4.90 Å². The molecule has 1 N–H and O–H groups in total. The van der Waals surface area contributed by atoms with Crippen LogP contribution in [0.2, 0.25) is 0 Å². The van der Waals surface area contributed by atoms with E-state index < -0.39 is 10.0 Å². The highest BCUT2D eigenvalue weighted by Crippen LogP contribution is 2.26. The predicted octanol–water partition coefficient (Wildman–Crippen LogP) is 2.33. The number of furan rings is 1. The number of nitrogens with zero attached hydrogens (tertiary/aromatic N) is 2. The molecule has 1 aliphatic heterocycles. The summed E-state index contributed by atoms with van der Waals surface area (Å²) in [4.78, 5) is 2.25. The second-order valence-corrected chi connectivity index (χ2v) is 8.14. The van der Waals surface area contributed by atoms with Crippen LogP contribution in [0.1, 0.15) is 24.2 Å². The summed E-state index contributed by atoms with van der Waals surface area (Å²) in [6.45, 7) is 2.32. The van der Waals surface area contributed by atoms with Gasteiger partial charge in [-0.15, -0.1) is 0 Å². The molecule has 6 nitrogen and oxygen atoms in total. The van der Waals surface area contributed by atoms with E-state index in [1.54, 1.807) is 6.07 Å². The van der Waals surface area contributed by atoms with Crippen LogP contribution in [0.5, 0.6) is 0 Å². The van der Waals surface area contributed by atoms with Crippen LogP contribution in [0.25, 0.3) is 11.3 Å². The Bertz CT molecular complexity index is 875. The van der Waals surface area contributed by atoms with Gasteiger partial charge in [-0.1, -0.05) is 12.1 Å². The zero-order valence-electron chi connectivity index (χ0n) is 14.1. The number of benzene rings is 1. The van der Waals surface area contributed by atoms with Crippen molar-refractivity contribution in [2.24, 2.45) is 0 Å². The van der Waals surface area contributed by atoms with E-state index in [2.05, 4.69) is 15.7 Å². The number of nitriles is 1. The summed E-state index contributed by atoms with van der Waals surface area (Å²) in [5.41, 5.74) is 1.39. The van der Waals surface area contributed by atoms with Crippen LogP contribution in [0.4, 0.5) is 0 Å². The molecule has 0 atom stereocenters. The molecular formula is C18H21N3O3S. The maximum atomic E-state index is 11.3. The molecular weight excluding hydrogens is 338 g/mol. The summed E-state index contributed by atoms with van der Waals surface area (Å²) in [5, 5.41) is 9.20. The fraction of sp³-hybridized carbons (Fsp3) is 0.389. The van der Waals surface area contributed by atoms with Crippen LogP contribution in [-0.2, 0) is 16.6 Å². The summed E-state index contributed by atoms with van der Waals surface area (Å²) in [7, 11) is -3.15. The second-order valence-electron chi connectivity index (χ2n) is 6.36. The molecule has 3 rings (SSSR count). The highest BCUT2D eigenvalue weighted by Gasteiger charge is 2.22. The van der Waals surface area contributed by atoms with Gasteiger partial charge in [0.2, 0.25) is 10.0 Å². The van der Waals surface area contributed by atoms with E-state index in [0.717, 1.165) is 37.3 Å². The predicted molar refractivity (Wildman–Crippen MR) is 95.1 cm³/mol. The summed E-state index contributed by atoms with van der Waals surface area (Å²) in [6, 6.07) is 13.4. The molecule has 0 bridgehead atoms. The number of hydrogen-bond acceptors (Lipinski definition) is 5. The molecule has 1 aliphatic rings. The Balaban J connectivity index is 1.61. The van der Waals surface area contributed by atoms with Gasteiger partial charge in [-0.25, -0.2) is 13.1 Å². The van der Waals surface area contributed by atoms with Gasteiger partial charge in [0.05, 0.1) is 24.4 Å². The third kappa shape index (κ3) is 4.69. The van der Waals surface area contributed by atoms with Crippen LogP contribution in [0.3, 0.4) is 0 Å². The Kier molecular flexibility index (Phi) is 5.23. The maximum absolute atomic E-state index is 11.3. The average molecular weight is 359 g/mol. The molecule has 7 heteroatoms. The van der Waals surface area contributed by atoms with Crippen LogP contribution < -0.4 is 4.72 Å². The van der Waals surface area contributed by atoms with Crippen LogP contribution in [-0.4, -0.2) is 38.7 Å². The van der Waals surface area contributed by atoms with Crippen LogP contribution >= 0.6 is 0 Å². The zero-order valence-corrected chi connectivity index (χ0v) is 14.9. The van der Waals surface area contributed by atoms with Crippen LogP contribution in [0, 0.1) is 11.3 Å². The maximum Gasteiger partial charge on any atom is 0.208 e. The van der Waals surface area contributed by atoms with Crippen LogP contribution in [0.15, 0.2) is 40.8 Å². The largest absolute Gasteiger partial charge is 0.460 e. The number of sulfonamides is 1. The minimum absolute atomic E-state index is 0.0147. The van der Waals surface area contributed by atoms with Gasteiger partial charge in [0.15, 0.2) is 0 Å². The smallest absolute Gasteiger partial charge is 0.208 e. The third-order valence-corrected chi connectivity index (χ3v) is 5.08. The number of rotatable bonds is 5. The Hall–Kier alpha value is -2.14. The minimum atomic E-state index is -3.15. The lowest BCUT2D eigenvalue weighted by Crippen LogP contribution is -2.43. The minimum Gasteiger partial charge on any atom is -0.460 e. The van der Waals surface area contributed by atoms with Crippen molar-refractivity contribution in [3.63, 3.8) is 0 Å². The fourth-order valence-electron chi connectivity index (χ4n) is 3.14. The Morgan fingerprint density at radius 1 is 1.24 bits per heavy atom. The monoisotopic (exact) mass is 359 g/mol. The second kappa shape index (κ2) is 7.40. The van der Waals surface area contributed by atoms with Crippen molar-refractivity contribution < 1.29 is 12.8 Å². The van der Waals surface area contributed by atoms with Gasteiger partial charge < -0.3 is 4.42 Å². The molecule has 0 aliphatic carbocycles. The van der Waals surface area contributed by atoms with Crippen molar-refractivity contribution >= 4 is 10.0 Å². The summed E-state index contributed by atoms with van der Waals surface area (Å²) in [6.07, 6.45) is 2.78. The first kappa shape index (κ1) is 17.7. The van der Waals surface area contributed by atoms with Crippen molar-refractivity contribution in [2.75, 3.05) is 19.3 Å². The first-order valence-corrected chi connectivity index (χ1v) is 10.1. The average Bonchev–Trinajstić information content (AvgIpc) is 3.03. The Morgan fingerprint density at radius 3 is 2.64 bits per heavy atom. The normalized spacial score (nSPS) is 16.6. The molecule has 0 spiro atoms. The van der Waals surface area contributed by atoms with Crippen molar-refractivity contribution in [2.45, 2.75) is 25.4 Å². The molecule has 2 aromatic rings. The lowest BCUT2D eigenvalue weighted by molar-refractivity contribution is 0.187. The van der Waals surface area contributed by atoms with Gasteiger partial charge in [-0.2, -0.15) is 5.26 Å². The third-order valence-electron chi connectivity index (χ3n) is 4.32. The number of nitrogens with one attached hydrogen (secondary N) is 1. The molecule has 25 heavy (non-hydrogen) atoms. The SMILES string of the molecule is CS(=O)(=O)NC1CCN(Cc2ccc(-c3ccccc3C#N)o2)CC1. The number of piperidine rings is 1. The van der Waals surface area contributed by atoms with Gasteiger partial charge in [0.1, 0.15) is 11.5 Å². The van der Waals surface area contributed by atoms with E-state index in [1.807, 2.05) is 30.3 Å². The molecule has 1 aromatic carbocycles. The Morgan fingerprint density at radius 2 is 1.96 bits per heavy atom. The van der Waals surface area contributed by atoms with E-state index in [0.29, 0.717) is 17.9 Å². The topological polar surface area (TPSA) is 86.3 Å². The Labute approximate surface area is 148 Å². The van der Waals surface area contributed by atoms with E-state index in [-0.39, 0.29) is 6.04 Å². The molecule has 2 heterocycles. The van der Waals surface area contributed by atoms with Crippen molar-refractivity contribution in [3.05, 3.63) is 47.7 Å². The molecule has 1 fully saturated rings. The van der Waals surface area contributed by atoms with E-state index in [1.165, 1.54) is 6.26 Å². The molecule has 0 unspecified atom stereocenters. The lowest BCUT2D eigenvalue weighted by Gasteiger charge is -2.31. The van der Waals surface area contributed by atoms with Gasteiger partial charge in [0, 0.05) is 24.7 Å². The molecule has 0 radical (unpaired) electrons. The zero-order chi connectivity index (χ0) is 17.9. The standard InChI is InChI=1S/C18H21N3O3S/c1-25(22,23)20-15-8-10-21(11-9-15)13-16-6-7-18(24-16)17-5-3-2-4-14(17)12-19/h2-7,15,20H,8-11,13H2,1H3. The molecule has 132 valence electrons. The highest BCUT2D eigenvalue weighted by atomic mass is 32.2. The molecule has 1 saturated heterocycles. The molecule has 0 saturated carbocycles. The molecule has 1 aromatic heterocycles. The summed E-state index contributed by atoms with van der Waals surface area (Å²) in [5.74, 6) is 1.54. The van der Waals surface area contributed by atoms with E-state index in [4.69, 9.17) is 4.42 Å². The number of hydrogen-bond donors (Lipinski definition) is 1. The van der Waals surface area contributed by atoms with Gasteiger partial charge in [0.25, 0.3) is 0 Å². The van der Waals surface area contributed by atoms with E-state index >= 15 is 0 Å². The van der Waals surface area contributed by atoms with Crippen molar-refractivity contribution in [1.82, 2.24) is 9.62 Å². The van der Waals surface area contributed by atoms with Crippen molar-refractivity contribution in [1.29, 1.82) is 5.26 Å². The quantitative estimate of drug-likeness (QED) is 0.885. The number of likely N-dealkylation sites (tertiary alicyclic amines) is 1. The summed E-state index contributed by atoms with van der Waals surface area (Å²) >= 11 is 0. The van der Waals surface area contributed by atoms with Crippen molar-refractivity contribution in [3.8, 4) is 17.4 Å². The first-order chi connectivity index (χ1) is 11.9. The molecule has 0 amide bonds. The summed E-state index contributed by atoms with van der Waals surface area (Å²) < 4.78 is 31.2. The fourth-order valence-corrected chi connectivity index (χ4v) is 3.98. The lowest BCUT2D eigenvalue weighted by atomic mass is 10.1. The van der Waals surface area contributed by atoms with Gasteiger partial charge in [-0.05, 0) is 37.1 Å². The van der Waals surface area contributed by atoms with E-state index in [9.17, 15) is 13.7 Å².